The largest absolute Gasteiger partial charge is 0.492 e. The summed E-state index contributed by atoms with van der Waals surface area (Å²) in [7, 11) is -4.08. The molecule has 3 aromatic carbocycles. The minimum absolute atomic E-state index is 0.0122. The molecule has 0 radical (unpaired) electrons. The standard InChI is InChI=1S/C30H29Cl4N3O5S/c1-20-14-22(37(18-23(39)19-38)43(40,41)25-10-6-3-7-11-25)16-24(15-20)42-13-12-36(17-21-8-4-2-5-9-21)28-26(31)29(33)35-30(34)27(28)32/h2-11,14-16,23,38-39H,12-13,17-19H2,1H3. The van der Waals surface area contributed by atoms with Gasteiger partial charge in [0.15, 0.2) is 10.3 Å². The molecule has 0 aliphatic carbocycles. The molecule has 0 aliphatic rings. The maximum atomic E-state index is 13.6. The first-order valence-electron chi connectivity index (χ1n) is 13.1. The Morgan fingerprint density at radius 3 is 2.12 bits per heavy atom. The van der Waals surface area contributed by atoms with Crippen molar-refractivity contribution in [3.63, 3.8) is 0 Å². The first-order chi connectivity index (χ1) is 20.5. The van der Waals surface area contributed by atoms with E-state index in [0.717, 1.165) is 15.4 Å². The highest BCUT2D eigenvalue weighted by molar-refractivity contribution is 7.92. The summed E-state index contributed by atoms with van der Waals surface area (Å²) in [6.45, 7) is 1.67. The van der Waals surface area contributed by atoms with Crippen LogP contribution in [0.5, 0.6) is 5.75 Å². The molecule has 43 heavy (non-hydrogen) atoms. The van der Waals surface area contributed by atoms with Crippen LogP contribution in [0.25, 0.3) is 0 Å². The predicted molar refractivity (Wildman–Crippen MR) is 173 cm³/mol. The summed E-state index contributed by atoms with van der Waals surface area (Å²) in [4.78, 5) is 5.90. The van der Waals surface area contributed by atoms with Crippen molar-refractivity contribution in [1.82, 2.24) is 4.98 Å². The lowest BCUT2D eigenvalue weighted by atomic mass is 10.2. The molecule has 4 rings (SSSR count). The van der Waals surface area contributed by atoms with Crippen LogP contribution in [0.2, 0.25) is 20.4 Å². The van der Waals surface area contributed by atoms with E-state index in [1.54, 1.807) is 43.3 Å². The van der Waals surface area contributed by atoms with Gasteiger partial charge in [0.25, 0.3) is 10.0 Å². The van der Waals surface area contributed by atoms with E-state index in [0.29, 0.717) is 24.5 Å². The van der Waals surface area contributed by atoms with Gasteiger partial charge < -0.3 is 19.8 Å². The number of aromatic nitrogens is 1. The van der Waals surface area contributed by atoms with Crippen LogP contribution in [0.4, 0.5) is 11.4 Å². The minimum atomic E-state index is -4.08. The average molecular weight is 685 g/mol. The van der Waals surface area contributed by atoms with E-state index in [2.05, 4.69) is 4.98 Å². The summed E-state index contributed by atoms with van der Waals surface area (Å²) in [6, 6.07) is 22.5. The van der Waals surface area contributed by atoms with Gasteiger partial charge in [-0.15, -0.1) is 0 Å². The number of hydrogen-bond acceptors (Lipinski definition) is 7. The topological polar surface area (TPSA) is 103 Å². The van der Waals surface area contributed by atoms with Crippen LogP contribution in [0, 0.1) is 6.92 Å². The quantitative estimate of drug-likeness (QED) is 0.152. The van der Waals surface area contributed by atoms with Crippen LogP contribution >= 0.6 is 46.4 Å². The summed E-state index contributed by atoms with van der Waals surface area (Å²) in [5.74, 6) is 0.393. The smallest absolute Gasteiger partial charge is 0.264 e. The summed E-state index contributed by atoms with van der Waals surface area (Å²) in [5, 5.41) is 20.0. The summed E-state index contributed by atoms with van der Waals surface area (Å²) in [5.41, 5.74) is 2.37. The Morgan fingerprint density at radius 1 is 0.907 bits per heavy atom. The minimum Gasteiger partial charge on any atom is -0.492 e. The zero-order valence-corrected chi connectivity index (χ0v) is 26.8. The number of anilines is 2. The third kappa shape index (κ3) is 8.25. The molecule has 13 heteroatoms. The second-order valence-corrected chi connectivity index (χ2v) is 12.9. The number of rotatable bonds is 13. The van der Waals surface area contributed by atoms with Crippen molar-refractivity contribution in [2.75, 3.05) is 35.5 Å². The van der Waals surface area contributed by atoms with Crippen LogP contribution in [-0.4, -0.2) is 56.0 Å². The third-order valence-electron chi connectivity index (χ3n) is 6.38. The van der Waals surface area contributed by atoms with Crippen LogP contribution in [0.15, 0.2) is 83.8 Å². The molecule has 228 valence electrons. The fourth-order valence-corrected chi connectivity index (χ4v) is 6.83. The van der Waals surface area contributed by atoms with Gasteiger partial charge in [-0.1, -0.05) is 94.9 Å². The highest BCUT2D eigenvalue weighted by Gasteiger charge is 2.28. The molecule has 0 fully saturated rings. The third-order valence-corrected chi connectivity index (χ3v) is 9.64. The molecule has 0 saturated carbocycles. The Balaban J connectivity index is 1.63. The molecular formula is C30H29Cl4N3O5S. The Kier molecular flexibility index (Phi) is 11.4. The molecule has 0 spiro atoms. The summed E-state index contributed by atoms with van der Waals surface area (Å²) >= 11 is 25.5. The average Bonchev–Trinajstić information content (AvgIpc) is 2.99. The van der Waals surface area contributed by atoms with E-state index >= 15 is 0 Å². The van der Waals surface area contributed by atoms with E-state index in [9.17, 15) is 18.6 Å². The molecule has 1 heterocycles. The molecule has 0 bridgehead atoms. The number of aryl methyl sites for hydroxylation is 1. The van der Waals surface area contributed by atoms with E-state index in [-0.39, 0.29) is 44.1 Å². The maximum Gasteiger partial charge on any atom is 0.264 e. The lowest BCUT2D eigenvalue weighted by molar-refractivity contribution is 0.102. The van der Waals surface area contributed by atoms with Gasteiger partial charge in [-0.05, 0) is 42.3 Å². The van der Waals surface area contributed by atoms with Gasteiger partial charge in [0.2, 0.25) is 0 Å². The van der Waals surface area contributed by atoms with E-state index in [1.165, 1.54) is 12.1 Å². The number of aliphatic hydroxyl groups is 2. The second kappa shape index (κ2) is 14.8. The van der Waals surface area contributed by atoms with Gasteiger partial charge in [0, 0.05) is 12.6 Å². The van der Waals surface area contributed by atoms with Crippen molar-refractivity contribution >= 4 is 67.8 Å². The first-order valence-corrected chi connectivity index (χ1v) is 16.1. The number of pyridine rings is 1. The number of benzene rings is 3. The van der Waals surface area contributed by atoms with Gasteiger partial charge in [-0.25, -0.2) is 13.4 Å². The van der Waals surface area contributed by atoms with Crippen molar-refractivity contribution in [3.05, 3.63) is 110 Å². The van der Waals surface area contributed by atoms with Crippen LogP contribution < -0.4 is 13.9 Å². The number of sulfonamides is 1. The van der Waals surface area contributed by atoms with Crippen LogP contribution in [0.1, 0.15) is 11.1 Å². The number of ether oxygens (including phenoxy) is 1. The van der Waals surface area contributed by atoms with Crippen molar-refractivity contribution in [1.29, 1.82) is 0 Å². The normalized spacial score (nSPS) is 12.2. The van der Waals surface area contributed by atoms with Gasteiger partial charge >= 0.3 is 0 Å². The van der Waals surface area contributed by atoms with Gasteiger partial charge in [-0.3, -0.25) is 4.31 Å². The second-order valence-electron chi connectivity index (χ2n) is 9.62. The molecule has 4 aromatic rings. The van der Waals surface area contributed by atoms with Crippen molar-refractivity contribution in [3.8, 4) is 5.75 Å². The van der Waals surface area contributed by atoms with Crippen LogP contribution in [0.3, 0.4) is 0 Å². The fraction of sp³-hybridized carbons (Fsp3) is 0.233. The highest BCUT2D eigenvalue weighted by atomic mass is 35.5. The molecule has 1 atom stereocenters. The molecule has 8 nitrogen and oxygen atoms in total. The monoisotopic (exact) mass is 683 g/mol. The van der Waals surface area contributed by atoms with E-state index in [1.807, 2.05) is 35.2 Å². The highest BCUT2D eigenvalue weighted by Crippen LogP contribution is 2.42. The van der Waals surface area contributed by atoms with Crippen LogP contribution in [-0.2, 0) is 16.6 Å². The first kappa shape index (κ1) is 33.1. The fourth-order valence-electron chi connectivity index (χ4n) is 4.37. The van der Waals surface area contributed by atoms with E-state index in [4.69, 9.17) is 51.1 Å². The van der Waals surface area contributed by atoms with Gasteiger partial charge in [0.1, 0.15) is 22.4 Å². The van der Waals surface area contributed by atoms with E-state index < -0.39 is 22.7 Å². The lowest BCUT2D eigenvalue weighted by Gasteiger charge is -2.28. The molecule has 0 aliphatic heterocycles. The Morgan fingerprint density at radius 2 is 1.51 bits per heavy atom. The van der Waals surface area contributed by atoms with Crippen molar-refractivity contribution < 1.29 is 23.4 Å². The Hall–Kier alpha value is -2.76. The number of aliphatic hydroxyl groups excluding tert-OH is 2. The number of nitrogens with zero attached hydrogens (tertiary/aromatic N) is 3. The van der Waals surface area contributed by atoms with Gasteiger partial charge in [-0.2, -0.15) is 0 Å². The Bertz CT molecular complexity index is 1620. The van der Waals surface area contributed by atoms with Gasteiger partial charge in [0.05, 0.1) is 42.1 Å². The lowest BCUT2D eigenvalue weighted by Crippen LogP contribution is -2.39. The molecule has 2 N–H and O–H groups in total. The molecular weight excluding hydrogens is 656 g/mol. The van der Waals surface area contributed by atoms with Crippen molar-refractivity contribution in [2.24, 2.45) is 0 Å². The number of hydrogen-bond donors (Lipinski definition) is 2. The Labute approximate surface area is 271 Å². The zero-order valence-electron chi connectivity index (χ0n) is 23.0. The predicted octanol–water partition coefficient (Wildman–Crippen LogP) is 6.64. The SMILES string of the molecule is Cc1cc(OCCN(Cc2ccccc2)c2c(Cl)c(Cl)nc(Cl)c2Cl)cc(N(CC(O)CO)S(=O)(=O)c2ccccc2)c1. The maximum absolute atomic E-state index is 13.6. The zero-order chi connectivity index (χ0) is 31.1. The molecule has 0 saturated heterocycles. The summed E-state index contributed by atoms with van der Waals surface area (Å²) in [6.07, 6.45) is -1.30. The molecule has 1 unspecified atom stereocenters. The van der Waals surface area contributed by atoms with Crippen molar-refractivity contribution in [2.45, 2.75) is 24.5 Å². The summed E-state index contributed by atoms with van der Waals surface area (Å²) < 4.78 is 34.4. The molecule has 1 aromatic heterocycles. The molecule has 0 amide bonds. The number of halogens is 4.